The number of rotatable bonds is 5. The van der Waals surface area contributed by atoms with Crippen molar-refractivity contribution in [3.8, 4) is 0 Å². The number of allylic oxidation sites excluding steroid dienone is 2. The Labute approximate surface area is 119 Å². The average Bonchev–Trinajstić information content (AvgIpc) is 2.69. The fourth-order valence-electron chi connectivity index (χ4n) is 2.85. The lowest BCUT2D eigenvalue weighted by Gasteiger charge is -2.25. The predicted molar refractivity (Wildman–Crippen MR) is 81.5 cm³/mol. The van der Waals surface area contributed by atoms with E-state index in [0.717, 1.165) is 35.7 Å². The van der Waals surface area contributed by atoms with Crippen molar-refractivity contribution in [3.63, 3.8) is 0 Å². The third kappa shape index (κ3) is 4.42. The summed E-state index contributed by atoms with van der Waals surface area (Å²) in [4.78, 5) is 1.38. The van der Waals surface area contributed by atoms with Gasteiger partial charge in [-0.25, -0.2) is 0 Å². The van der Waals surface area contributed by atoms with Crippen molar-refractivity contribution in [3.05, 3.63) is 33.0 Å². The lowest BCUT2D eigenvalue weighted by Crippen LogP contribution is -2.27. The van der Waals surface area contributed by atoms with Crippen molar-refractivity contribution in [2.75, 3.05) is 13.1 Å². The number of nitrogens with one attached hydrogen (secondary N) is 1. The molecule has 0 aromatic carbocycles. The van der Waals surface area contributed by atoms with E-state index in [1.807, 2.05) is 6.07 Å². The van der Waals surface area contributed by atoms with Crippen molar-refractivity contribution in [2.24, 2.45) is 11.8 Å². The lowest BCUT2D eigenvalue weighted by atomic mass is 9.84. The zero-order valence-electron chi connectivity index (χ0n) is 11.2. The van der Waals surface area contributed by atoms with Crippen LogP contribution in [-0.2, 0) is 6.42 Å². The summed E-state index contributed by atoms with van der Waals surface area (Å²) in [6.07, 6.45) is 6.11. The van der Waals surface area contributed by atoms with Crippen molar-refractivity contribution >= 4 is 22.9 Å². The highest BCUT2D eigenvalue weighted by molar-refractivity contribution is 7.16. The summed E-state index contributed by atoms with van der Waals surface area (Å²) < 4.78 is 0.895. The molecule has 1 aromatic rings. The summed E-state index contributed by atoms with van der Waals surface area (Å²) in [5.41, 5.74) is 1.56. The van der Waals surface area contributed by atoms with E-state index in [2.05, 4.69) is 31.3 Å². The maximum atomic E-state index is 5.92. The van der Waals surface area contributed by atoms with E-state index >= 15 is 0 Å². The minimum atomic E-state index is 0.752. The van der Waals surface area contributed by atoms with Crippen LogP contribution >= 0.6 is 22.9 Å². The molecule has 2 rings (SSSR count). The molecule has 0 amide bonds. The maximum absolute atomic E-state index is 5.92. The maximum Gasteiger partial charge on any atom is 0.0931 e. The smallest absolute Gasteiger partial charge is 0.0931 e. The standard InChI is InChI=1S/C15H22ClNS/c1-11-7-12(2)9-13(8-11)10-17-6-5-14-3-4-15(16)18-14/h3-4,7,11,13,17H,5-6,8-10H2,1-2H3. The Morgan fingerprint density at radius 3 is 2.94 bits per heavy atom. The summed E-state index contributed by atoms with van der Waals surface area (Å²) >= 11 is 7.61. The topological polar surface area (TPSA) is 12.0 Å². The SMILES string of the molecule is CC1=CC(C)CC(CNCCc2ccc(Cl)s2)C1. The highest BCUT2D eigenvalue weighted by Crippen LogP contribution is 2.27. The zero-order valence-corrected chi connectivity index (χ0v) is 12.8. The molecule has 0 spiro atoms. The van der Waals surface area contributed by atoms with Crippen LogP contribution in [0.4, 0.5) is 0 Å². The van der Waals surface area contributed by atoms with Crippen LogP contribution in [0.1, 0.15) is 31.6 Å². The zero-order chi connectivity index (χ0) is 13.0. The molecule has 100 valence electrons. The van der Waals surface area contributed by atoms with Gasteiger partial charge in [0.1, 0.15) is 0 Å². The van der Waals surface area contributed by atoms with Gasteiger partial charge in [0.25, 0.3) is 0 Å². The van der Waals surface area contributed by atoms with E-state index in [4.69, 9.17) is 11.6 Å². The largest absolute Gasteiger partial charge is 0.316 e. The summed E-state index contributed by atoms with van der Waals surface area (Å²) in [5, 5.41) is 3.59. The van der Waals surface area contributed by atoms with Gasteiger partial charge in [0.15, 0.2) is 0 Å². The molecule has 1 N–H and O–H groups in total. The highest BCUT2D eigenvalue weighted by Gasteiger charge is 2.17. The number of halogens is 1. The third-order valence-corrected chi connectivity index (χ3v) is 4.79. The van der Waals surface area contributed by atoms with Gasteiger partial charge in [-0.2, -0.15) is 0 Å². The summed E-state index contributed by atoms with van der Waals surface area (Å²) in [7, 11) is 0. The lowest BCUT2D eigenvalue weighted by molar-refractivity contribution is 0.383. The van der Waals surface area contributed by atoms with E-state index in [-0.39, 0.29) is 0 Å². The molecule has 3 heteroatoms. The van der Waals surface area contributed by atoms with Gasteiger partial charge in [0, 0.05) is 4.88 Å². The summed E-state index contributed by atoms with van der Waals surface area (Å²) in [5.74, 6) is 1.57. The number of thiophene rings is 1. The molecule has 1 aliphatic rings. The van der Waals surface area contributed by atoms with Gasteiger partial charge in [-0.15, -0.1) is 11.3 Å². The minimum Gasteiger partial charge on any atom is -0.316 e. The van der Waals surface area contributed by atoms with E-state index in [0.29, 0.717) is 0 Å². The molecule has 1 aliphatic carbocycles. The number of hydrogen-bond donors (Lipinski definition) is 1. The quantitative estimate of drug-likeness (QED) is 0.619. The first-order valence-corrected chi connectivity index (χ1v) is 7.95. The minimum absolute atomic E-state index is 0.752. The van der Waals surface area contributed by atoms with E-state index in [9.17, 15) is 0 Å². The van der Waals surface area contributed by atoms with Crippen LogP contribution in [0.2, 0.25) is 4.34 Å². The van der Waals surface area contributed by atoms with Crippen LogP contribution < -0.4 is 5.32 Å². The van der Waals surface area contributed by atoms with E-state index in [1.54, 1.807) is 16.9 Å². The fourth-order valence-corrected chi connectivity index (χ4v) is 3.93. The molecule has 2 unspecified atom stereocenters. The molecule has 0 radical (unpaired) electrons. The molecule has 18 heavy (non-hydrogen) atoms. The number of hydrogen-bond acceptors (Lipinski definition) is 2. The molecule has 0 bridgehead atoms. The molecule has 1 heterocycles. The van der Waals surface area contributed by atoms with Gasteiger partial charge in [0.05, 0.1) is 4.34 Å². The monoisotopic (exact) mass is 283 g/mol. The Bertz CT molecular complexity index is 410. The van der Waals surface area contributed by atoms with Gasteiger partial charge < -0.3 is 5.32 Å². The molecule has 0 saturated carbocycles. The van der Waals surface area contributed by atoms with Crippen molar-refractivity contribution < 1.29 is 0 Å². The Morgan fingerprint density at radius 1 is 1.44 bits per heavy atom. The van der Waals surface area contributed by atoms with Crippen molar-refractivity contribution in [2.45, 2.75) is 33.1 Å². The van der Waals surface area contributed by atoms with Crippen LogP contribution in [0.3, 0.4) is 0 Å². The second-order valence-electron chi connectivity index (χ2n) is 5.46. The van der Waals surface area contributed by atoms with Crippen LogP contribution in [0.25, 0.3) is 0 Å². The average molecular weight is 284 g/mol. The van der Waals surface area contributed by atoms with Crippen molar-refractivity contribution in [1.82, 2.24) is 5.32 Å². The first-order chi connectivity index (χ1) is 8.63. The van der Waals surface area contributed by atoms with Crippen LogP contribution in [0, 0.1) is 11.8 Å². The molecular weight excluding hydrogens is 262 g/mol. The van der Waals surface area contributed by atoms with Gasteiger partial charge in [0.2, 0.25) is 0 Å². The first-order valence-electron chi connectivity index (χ1n) is 6.75. The highest BCUT2D eigenvalue weighted by atomic mass is 35.5. The Hall–Kier alpha value is -0.310. The van der Waals surface area contributed by atoms with Crippen LogP contribution in [0.5, 0.6) is 0 Å². The molecule has 0 aliphatic heterocycles. The van der Waals surface area contributed by atoms with E-state index in [1.165, 1.54) is 17.7 Å². The van der Waals surface area contributed by atoms with E-state index < -0.39 is 0 Å². The second-order valence-corrected chi connectivity index (χ2v) is 7.26. The summed E-state index contributed by atoms with van der Waals surface area (Å²) in [6, 6.07) is 4.11. The van der Waals surface area contributed by atoms with Crippen LogP contribution in [0.15, 0.2) is 23.8 Å². The first kappa shape index (κ1) is 14.1. The molecule has 0 saturated heterocycles. The van der Waals surface area contributed by atoms with Crippen LogP contribution in [-0.4, -0.2) is 13.1 Å². The predicted octanol–water partition coefficient (Wildman–Crippen LogP) is 4.53. The van der Waals surface area contributed by atoms with Gasteiger partial charge in [-0.1, -0.05) is 30.2 Å². The summed E-state index contributed by atoms with van der Waals surface area (Å²) in [6.45, 7) is 6.79. The molecule has 0 fully saturated rings. The second kappa shape index (κ2) is 6.74. The fraction of sp³-hybridized carbons (Fsp3) is 0.600. The molecule has 2 atom stereocenters. The molecular formula is C15H22ClNS. The third-order valence-electron chi connectivity index (χ3n) is 3.49. The normalized spacial score (nSPS) is 24.1. The van der Waals surface area contributed by atoms with Gasteiger partial charge in [-0.05, 0) is 63.2 Å². The van der Waals surface area contributed by atoms with Crippen molar-refractivity contribution in [1.29, 1.82) is 0 Å². The van der Waals surface area contributed by atoms with Gasteiger partial charge >= 0.3 is 0 Å². The Morgan fingerprint density at radius 2 is 2.28 bits per heavy atom. The Balaban J connectivity index is 1.65. The molecule has 1 aromatic heterocycles. The van der Waals surface area contributed by atoms with Gasteiger partial charge in [-0.3, -0.25) is 0 Å². The Kier molecular flexibility index (Phi) is 5.28. The molecule has 1 nitrogen and oxygen atoms in total.